The standard InChI is InChI=1S/C18H27FO3Si/c1-5-21-18(20)17(22-23(6-2,7-3)8-4)14-11-15-9-12-16(19)13-10-15/h9-10,12-14H,5-8,11H2,1-4H3/b17-14-. The Morgan fingerprint density at radius 2 is 1.65 bits per heavy atom. The first-order chi connectivity index (χ1) is 11.0. The molecule has 5 heteroatoms. The van der Waals surface area contributed by atoms with Crippen molar-refractivity contribution < 1.29 is 18.3 Å². The fourth-order valence-electron chi connectivity index (χ4n) is 2.40. The van der Waals surface area contributed by atoms with E-state index in [2.05, 4.69) is 20.8 Å². The zero-order chi connectivity index (χ0) is 17.3. The van der Waals surface area contributed by atoms with Gasteiger partial charge in [0.15, 0.2) is 5.76 Å². The quantitative estimate of drug-likeness (QED) is 0.280. The summed E-state index contributed by atoms with van der Waals surface area (Å²) >= 11 is 0. The van der Waals surface area contributed by atoms with Gasteiger partial charge >= 0.3 is 5.97 Å². The fraction of sp³-hybridized carbons (Fsp3) is 0.500. The smallest absolute Gasteiger partial charge is 0.371 e. The summed E-state index contributed by atoms with van der Waals surface area (Å²) < 4.78 is 24.3. The molecule has 0 saturated carbocycles. The molecular weight excluding hydrogens is 311 g/mol. The summed E-state index contributed by atoms with van der Waals surface area (Å²) in [7, 11) is -1.95. The molecule has 0 aromatic heterocycles. The molecule has 0 radical (unpaired) electrons. The van der Waals surface area contributed by atoms with Crippen molar-refractivity contribution in [3.8, 4) is 0 Å². The van der Waals surface area contributed by atoms with Gasteiger partial charge in [-0.1, -0.05) is 32.9 Å². The Labute approximate surface area is 139 Å². The van der Waals surface area contributed by atoms with Crippen molar-refractivity contribution in [2.75, 3.05) is 6.61 Å². The van der Waals surface area contributed by atoms with E-state index in [0.29, 0.717) is 18.8 Å². The van der Waals surface area contributed by atoms with Gasteiger partial charge in [-0.25, -0.2) is 9.18 Å². The van der Waals surface area contributed by atoms with Crippen LogP contribution in [0.2, 0.25) is 18.1 Å². The number of esters is 1. The molecule has 1 aromatic rings. The summed E-state index contributed by atoms with van der Waals surface area (Å²) in [5.74, 6) is -0.385. The summed E-state index contributed by atoms with van der Waals surface area (Å²) in [6.45, 7) is 8.43. The van der Waals surface area contributed by atoms with Crippen molar-refractivity contribution in [1.29, 1.82) is 0 Å². The Hall–Kier alpha value is -1.62. The molecule has 0 heterocycles. The average molecular weight is 338 g/mol. The molecule has 1 rings (SSSR count). The Balaban J connectivity index is 2.97. The summed E-state index contributed by atoms with van der Waals surface area (Å²) in [5, 5.41) is 0. The lowest BCUT2D eigenvalue weighted by atomic mass is 10.1. The second-order valence-electron chi connectivity index (χ2n) is 5.47. The highest BCUT2D eigenvalue weighted by atomic mass is 28.4. The molecule has 0 fully saturated rings. The van der Waals surface area contributed by atoms with Crippen LogP contribution in [0.4, 0.5) is 4.39 Å². The van der Waals surface area contributed by atoms with E-state index < -0.39 is 14.3 Å². The number of carbonyl (C=O) groups excluding carboxylic acids is 1. The normalized spacial score (nSPS) is 12.1. The van der Waals surface area contributed by atoms with Crippen LogP contribution in [0.3, 0.4) is 0 Å². The third kappa shape index (κ3) is 5.82. The number of rotatable bonds is 9. The van der Waals surface area contributed by atoms with Crippen LogP contribution in [0.15, 0.2) is 36.1 Å². The minimum atomic E-state index is -1.95. The molecule has 0 saturated heterocycles. The number of allylic oxidation sites excluding steroid dienone is 1. The second-order valence-corrected chi connectivity index (χ2v) is 10.2. The second kappa shape index (κ2) is 9.50. The van der Waals surface area contributed by atoms with Gasteiger partial charge in [0.1, 0.15) is 5.82 Å². The van der Waals surface area contributed by atoms with Gasteiger partial charge in [-0.05, 0) is 55.2 Å². The molecule has 128 valence electrons. The third-order valence-corrected chi connectivity index (χ3v) is 8.69. The first-order valence-corrected chi connectivity index (χ1v) is 10.8. The van der Waals surface area contributed by atoms with Crippen LogP contribution in [0, 0.1) is 5.82 Å². The molecule has 0 aliphatic heterocycles. The molecule has 1 aromatic carbocycles. The monoisotopic (exact) mass is 338 g/mol. The lowest BCUT2D eigenvalue weighted by molar-refractivity contribution is -0.141. The molecule has 23 heavy (non-hydrogen) atoms. The predicted octanol–water partition coefficient (Wildman–Crippen LogP) is 4.84. The highest BCUT2D eigenvalue weighted by Gasteiger charge is 2.33. The van der Waals surface area contributed by atoms with E-state index in [0.717, 1.165) is 23.7 Å². The molecule has 0 N–H and O–H groups in total. The summed E-state index contributed by atoms with van der Waals surface area (Å²) in [5.41, 5.74) is 0.925. The lowest BCUT2D eigenvalue weighted by Gasteiger charge is -2.29. The number of hydrogen-bond acceptors (Lipinski definition) is 3. The van der Waals surface area contributed by atoms with Crippen molar-refractivity contribution in [3.05, 3.63) is 47.5 Å². The van der Waals surface area contributed by atoms with Crippen molar-refractivity contribution >= 4 is 14.3 Å². The number of hydrogen-bond donors (Lipinski definition) is 0. The van der Waals surface area contributed by atoms with Gasteiger partial charge in [0, 0.05) is 0 Å². The molecule has 0 atom stereocenters. The van der Waals surface area contributed by atoms with Crippen molar-refractivity contribution in [1.82, 2.24) is 0 Å². The molecule has 3 nitrogen and oxygen atoms in total. The van der Waals surface area contributed by atoms with E-state index in [1.54, 1.807) is 25.1 Å². The van der Waals surface area contributed by atoms with E-state index in [1.807, 2.05) is 0 Å². The fourth-order valence-corrected chi connectivity index (χ4v) is 4.97. The highest BCUT2D eigenvalue weighted by molar-refractivity contribution is 6.74. The van der Waals surface area contributed by atoms with Crippen molar-refractivity contribution in [3.63, 3.8) is 0 Å². The molecule has 0 spiro atoms. The lowest BCUT2D eigenvalue weighted by Crippen LogP contribution is -2.37. The molecule has 0 amide bonds. The summed E-state index contributed by atoms with van der Waals surface area (Å²) in [4.78, 5) is 12.2. The van der Waals surface area contributed by atoms with E-state index in [9.17, 15) is 9.18 Å². The van der Waals surface area contributed by atoms with E-state index in [1.165, 1.54) is 12.1 Å². The van der Waals surface area contributed by atoms with Crippen LogP contribution in [-0.4, -0.2) is 20.9 Å². The van der Waals surface area contributed by atoms with E-state index in [-0.39, 0.29) is 5.82 Å². The van der Waals surface area contributed by atoms with Gasteiger partial charge in [-0.15, -0.1) is 0 Å². The summed E-state index contributed by atoms with van der Waals surface area (Å²) in [6.07, 6.45) is 2.27. The van der Waals surface area contributed by atoms with Crippen LogP contribution in [0.25, 0.3) is 0 Å². The number of ether oxygens (including phenoxy) is 1. The molecule has 0 unspecified atom stereocenters. The molecule has 0 bridgehead atoms. The first-order valence-electron chi connectivity index (χ1n) is 8.31. The van der Waals surface area contributed by atoms with E-state index >= 15 is 0 Å². The minimum Gasteiger partial charge on any atom is -0.539 e. The Kier molecular flexibility index (Phi) is 8.02. The maximum atomic E-state index is 13.0. The van der Waals surface area contributed by atoms with Gasteiger partial charge in [-0.2, -0.15) is 0 Å². The largest absolute Gasteiger partial charge is 0.539 e. The van der Waals surface area contributed by atoms with E-state index in [4.69, 9.17) is 9.16 Å². The zero-order valence-electron chi connectivity index (χ0n) is 14.5. The third-order valence-electron chi connectivity index (χ3n) is 4.17. The van der Waals surface area contributed by atoms with Gasteiger partial charge in [0.25, 0.3) is 8.32 Å². The minimum absolute atomic E-state index is 0.269. The predicted molar refractivity (Wildman–Crippen MR) is 93.1 cm³/mol. The van der Waals surface area contributed by atoms with Crippen LogP contribution in [-0.2, 0) is 20.4 Å². The van der Waals surface area contributed by atoms with Crippen molar-refractivity contribution in [2.45, 2.75) is 52.2 Å². The zero-order valence-corrected chi connectivity index (χ0v) is 15.5. The highest BCUT2D eigenvalue weighted by Crippen LogP contribution is 2.25. The molecule has 0 aliphatic rings. The van der Waals surface area contributed by atoms with Crippen LogP contribution < -0.4 is 0 Å². The van der Waals surface area contributed by atoms with Crippen LogP contribution in [0.5, 0.6) is 0 Å². The molecule has 0 aliphatic carbocycles. The first kappa shape index (κ1) is 19.4. The van der Waals surface area contributed by atoms with Crippen molar-refractivity contribution in [2.24, 2.45) is 0 Å². The van der Waals surface area contributed by atoms with Gasteiger partial charge in [0.2, 0.25) is 0 Å². The number of benzene rings is 1. The maximum Gasteiger partial charge on any atom is 0.371 e. The Morgan fingerprint density at radius 1 is 1.09 bits per heavy atom. The Bertz CT molecular complexity index is 513. The number of carbonyl (C=O) groups is 1. The number of halogens is 1. The maximum absolute atomic E-state index is 13.0. The summed E-state index contributed by atoms with van der Waals surface area (Å²) in [6, 6.07) is 9.10. The Morgan fingerprint density at radius 3 is 2.13 bits per heavy atom. The SMILES string of the molecule is CCOC(=O)/C(=C/Cc1ccc(F)cc1)O[Si](CC)(CC)CC. The van der Waals surface area contributed by atoms with Gasteiger partial charge < -0.3 is 9.16 Å². The average Bonchev–Trinajstić information content (AvgIpc) is 2.57. The van der Waals surface area contributed by atoms with Gasteiger partial charge in [0.05, 0.1) is 6.61 Å². The topological polar surface area (TPSA) is 35.5 Å². The van der Waals surface area contributed by atoms with Crippen LogP contribution >= 0.6 is 0 Å². The van der Waals surface area contributed by atoms with Crippen LogP contribution in [0.1, 0.15) is 33.3 Å². The van der Waals surface area contributed by atoms with Gasteiger partial charge in [-0.3, -0.25) is 0 Å². The molecular formula is C18H27FO3Si.